The molecule has 0 radical (unpaired) electrons. The van der Waals surface area contributed by atoms with Gasteiger partial charge in [-0.25, -0.2) is 9.98 Å². The minimum absolute atomic E-state index is 0.358. The summed E-state index contributed by atoms with van der Waals surface area (Å²) in [4.78, 5) is 8.67. The molecule has 0 bridgehead atoms. The van der Waals surface area contributed by atoms with Crippen molar-refractivity contribution < 1.29 is 5.21 Å². The molecule has 1 aliphatic rings. The van der Waals surface area contributed by atoms with Gasteiger partial charge in [0.15, 0.2) is 5.84 Å². The van der Waals surface area contributed by atoms with Crippen LogP contribution in [0.3, 0.4) is 0 Å². The van der Waals surface area contributed by atoms with Crippen molar-refractivity contribution in [2.75, 3.05) is 0 Å². The molecule has 1 heterocycles. The van der Waals surface area contributed by atoms with E-state index in [4.69, 9.17) is 0 Å². The highest BCUT2D eigenvalue weighted by Gasteiger charge is 2.17. The van der Waals surface area contributed by atoms with Gasteiger partial charge in [0, 0.05) is 5.56 Å². The average Bonchev–Trinajstić information content (AvgIpc) is 2.77. The molecule has 0 saturated carbocycles. The second kappa shape index (κ2) is 4.97. The van der Waals surface area contributed by atoms with E-state index in [1.165, 1.54) is 5.56 Å². The highest BCUT2D eigenvalue weighted by atomic mass is 16.5. The number of hydrogen-bond acceptors (Lipinski definition) is 4. The second-order valence-electron chi connectivity index (χ2n) is 5.63. The van der Waals surface area contributed by atoms with Crippen LogP contribution in [0, 0.1) is 6.92 Å². The molecule has 4 nitrogen and oxygen atoms in total. The lowest BCUT2D eigenvalue weighted by molar-refractivity contribution is -0.110. The summed E-state index contributed by atoms with van der Waals surface area (Å²) in [5.41, 5.74) is 2.47. The molecular formula is C15H19N3O. The van der Waals surface area contributed by atoms with E-state index in [9.17, 15) is 5.21 Å². The smallest absolute Gasteiger partial charge is 0.159 e. The van der Waals surface area contributed by atoms with Crippen LogP contribution < -0.4 is 0 Å². The fourth-order valence-corrected chi connectivity index (χ4v) is 1.53. The fraction of sp³-hybridized carbons (Fsp3) is 0.333. The van der Waals surface area contributed by atoms with Crippen molar-refractivity contribution in [2.24, 2.45) is 9.98 Å². The first kappa shape index (κ1) is 13.5. The molecular weight excluding hydrogens is 238 g/mol. The van der Waals surface area contributed by atoms with Gasteiger partial charge in [0.25, 0.3) is 0 Å². The molecule has 1 aliphatic heterocycles. The van der Waals surface area contributed by atoms with Gasteiger partial charge in [-0.15, -0.1) is 0 Å². The third kappa shape index (κ3) is 3.29. The first-order valence-electron chi connectivity index (χ1n) is 6.26. The first-order chi connectivity index (χ1) is 8.86. The number of nitrogens with zero attached hydrogens (tertiary/aromatic N) is 3. The Bertz CT molecular complexity index is 548. The van der Waals surface area contributed by atoms with E-state index in [0.29, 0.717) is 11.5 Å². The lowest BCUT2D eigenvalue weighted by Gasteiger charge is -2.27. The van der Waals surface area contributed by atoms with Crippen LogP contribution in [0.1, 0.15) is 31.9 Å². The first-order valence-corrected chi connectivity index (χ1v) is 6.26. The summed E-state index contributed by atoms with van der Waals surface area (Å²) < 4.78 is 0. The van der Waals surface area contributed by atoms with Crippen LogP contribution in [0.4, 0.5) is 0 Å². The number of allylic oxidation sites excluding steroid dienone is 1. The third-order valence-electron chi connectivity index (χ3n) is 2.81. The maximum Gasteiger partial charge on any atom is 0.159 e. The van der Waals surface area contributed by atoms with E-state index in [2.05, 4.69) is 9.98 Å². The van der Waals surface area contributed by atoms with Gasteiger partial charge in [-0.05, 0) is 27.7 Å². The zero-order valence-corrected chi connectivity index (χ0v) is 11.8. The number of aliphatic imine (C=N–C) groups is 2. The monoisotopic (exact) mass is 257 g/mol. The standard InChI is InChI=1S/C15H19N3O/c1-11-5-7-12(8-6-11)14-16-9-13(17-14)10-18(19)15(2,3)4/h5-10,19H,1-4H3. The van der Waals surface area contributed by atoms with Crippen LogP contribution in [0.25, 0.3) is 0 Å². The Morgan fingerprint density at radius 1 is 1.16 bits per heavy atom. The molecule has 0 unspecified atom stereocenters. The molecule has 0 spiro atoms. The van der Waals surface area contributed by atoms with Crippen molar-refractivity contribution in [1.82, 2.24) is 5.06 Å². The summed E-state index contributed by atoms with van der Waals surface area (Å²) in [7, 11) is 0. The van der Waals surface area contributed by atoms with Crippen LogP contribution in [0.5, 0.6) is 0 Å². The van der Waals surface area contributed by atoms with Gasteiger partial charge in [-0.1, -0.05) is 29.8 Å². The molecule has 0 aromatic heterocycles. The second-order valence-corrected chi connectivity index (χ2v) is 5.63. The topological polar surface area (TPSA) is 48.2 Å². The molecule has 0 saturated heterocycles. The third-order valence-corrected chi connectivity index (χ3v) is 2.81. The Morgan fingerprint density at radius 2 is 1.79 bits per heavy atom. The molecule has 0 fully saturated rings. The molecule has 1 N–H and O–H groups in total. The van der Waals surface area contributed by atoms with Gasteiger partial charge in [-0.2, -0.15) is 0 Å². The van der Waals surface area contributed by atoms with Crippen LogP contribution in [-0.4, -0.2) is 27.9 Å². The zero-order valence-electron chi connectivity index (χ0n) is 11.8. The average molecular weight is 257 g/mol. The van der Waals surface area contributed by atoms with E-state index in [1.807, 2.05) is 52.0 Å². The molecule has 0 amide bonds. The summed E-state index contributed by atoms with van der Waals surface area (Å²) in [6.45, 7) is 7.80. The minimum Gasteiger partial charge on any atom is -0.288 e. The minimum atomic E-state index is -0.358. The fourth-order valence-electron chi connectivity index (χ4n) is 1.53. The molecule has 2 rings (SSSR count). The van der Waals surface area contributed by atoms with Crippen molar-refractivity contribution in [3.05, 3.63) is 47.3 Å². The van der Waals surface area contributed by atoms with Crippen molar-refractivity contribution >= 4 is 12.1 Å². The van der Waals surface area contributed by atoms with Gasteiger partial charge >= 0.3 is 0 Å². The Labute approximate surface area is 113 Å². The molecule has 19 heavy (non-hydrogen) atoms. The highest BCUT2D eigenvalue weighted by molar-refractivity contribution is 6.10. The van der Waals surface area contributed by atoms with Gasteiger partial charge in [0.05, 0.1) is 18.0 Å². The zero-order chi connectivity index (χ0) is 14.0. The number of aryl methyl sites for hydroxylation is 1. The number of rotatable bonds is 2. The summed E-state index contributed by atoms with van der Waals surface area (Å²) >= 11 is 0. The van der Waals surface area contributed by atoms with Crippen molar-refractivity contribution in [1.29, 1.82) is 0 Å². The van der Waals surface area contributed by atoms with Gasteiger partial charge in [-0.3, -0.25) is 10.3 Å². The van der Waals surface area contributed by atoms with Gasteiger partial charge < -0.3 is 0 Å². The molecule has 0 atom stereocenters. The normalized spacial score (nSPS) is 16.9. The van der Waals surface area contributed by atoms with Crippen LogP contribution in [0.2, 0.25) is 0 Å². The Kier molecular flexibility index (Phi) is 3.53. The van der Waals surface area contributed by atoms with Crippen LogP contribution in [0.15, 0.2) is 46.1 Å². The molecule has 1 aromatic rings. The lowest BCUT2D eigenvalue weighted by atomic mass is 10.1. The quantitative estimate of drug-likeness (QED) is 0.827. The van der Waals surface area contributed by atoms with E-state index in [-0.39, 0.29) is 5.54 Å². The van der Waals surface area contributed by atoms with E-state index >= 15 is 0 Å². The molecule has 1 aromatic carbocycles. The predicted octanol–water partition coefficient (Wildman–Crippen LogP) is 3.16. The van der Waals surface area contributed by atoms with Crippen molar-refractivity contribution in [3.8, 4) is 0 Å². The summed E-state index contributed by atoms with van der Waals surface area (Å²) in [5, 5.41) is 11.0. The number of amidine groups is 1. The number of benzene rings is 1. The maximum atomic E-state index is 9.87. The van der Waals surface area contributed by atoms with Crippen molar-refractivity contribution in [2.45, 2.75) is 33.2 Å². The lowest BCUT2D eigenvalue weighted by Crippen LogP contribution is -2.34. The van der Waals surface area contributed by atoms with E-state index in [1.54, 1.807) is 12.4 Å². The molecule has 4 heteroatoms. The maximum absolute atomic E-state index is 9.87. The largest absolute Gasteiger partial charge is 0.288 e. The van der Waals surface area contributed by atoms with E-state index in [0.717, 1.165) is 10.6 Å². The number of hydrogen-bond donors (Lipinski definition) is 1. The predicted molar refractivity (Wildman–Crippen MR) is 77.7 cm³/mol. The summed E-state index contributed by atoms with van der Waals surface area (Å²) in [5.74, 6) is 0.675. The van der Waals surface area contributed by atoms with Gasteiger partial charge in [0.1, 0.15) is 5.70 Å². The summed E-state index contributed by atoms with van der Waals surface area (Å²) in [6.07, 6.45) is 3.24. The Balaban J connectivity index is 2.20. The SMILES string of the molecule is Cc1ccc(C2=NC(=CN(O)C(C)(C)C)C=N2)cc1. The Morgan fingerprint density at radius 3 is 2.37 bits per heavy atom. The molecule has 100 valence electrons. The van der Waals surface area contributed by atoms with Crippen molar-refractivity contribution in [3.63, 3.8) is 0 Å². The number of hydroxylamine groups is 2. The van der Waals surface area contributed by atoms with Crippen LogP contribution >= 0.6 is 0 Å². The van der Waals surface area contributed by atoms with Crippen LogP contribution in [-0.2, 0) is 0 Å². The van der Waals surface area contributed by atoms with E-state index < -0.39 is 0 Å². The molecule has 0 aliphatic carbocycles. The summed E-state index contributed by atoms with van der Waals surface area (Å²) in [6, 6.07) is 8.05. The van der Waals surface area contributed by atoms with Gasteiger partial charge in [0.2, 0.25) is 0 Å². The highest BCUT2D eigenvalue weighted by Crippen LogP contribution is 2.16. The Hall–Kier alpha value is -1.94.